The van der Waals surface area contributed by atoms with Crippen LogP contribution in [0.15, 0.2) is 18.2 Å². The Morgan fingerprint density at radius 3 is 2.62 bits per heavy atom. The molecule has 2 heteroatoms. The average molecular weight is 237 g/mol. The van der Waals surface area contributed by atoms with Crippen LogP contribution in [0.1, 0.15) is 31.4 Å². The van der Waals surface area contributed by atoms with Crippen LogP contribution in [-0.4, -0.2) is 5.78 Å². The first-order valence-electron chi connectivity index (χ1n) is 5.68. The molecule has 0 spiro atoms. The van der Waals surface area contributed by atoms with Gasteiger partial charge in [-0.15, -0.1) is 0 Å². The zero-order valence-corrected chi connectivity index (χ0v) is 10.8. The van der Waals surface area contributed by atoms with Gasteiger partial charge in [0, 0.05) is 17.4 Å². The number of Topliss-reactive ketones (excluding diaryl/α,β-unsaturated/α-hetero) is 1. The number of benzene rings is 1. The lowest BCUT2D eigenvalue weighted by Gasteiger charge is -2.06. The van der Waals surface area contributed by atoms with Crippen molar-refractivity contribution in [3.63, 3.8) is 0 Å². The minimum Gasteiger partial charge on any atom is -0.299 e. The van der Waals surface area contributed by atoms with E-state index in [1.165, 1.54) is 0 Å². The first-order chi connectivity index (χ1) is 7.40. The Morgan fingerprint density at radius 2 is 2.12 bits per heavy atom. The summed E-state index contributed by atoms with van der Waals surface area (Å²) in [7, 11) is 0. The molecule has 1 aliphatic rings. The van der Waals surface area contributed by atoms with E-state index >= 15 is 0 Å². The third kappa shape index (κ3) is 2.30. The number of halogens is 1. The lowest BCUT2D eigenvalue weighted by Crippen LogP contribution is -2.09. The summed E-state index contributed by atoms with van der Waals surface area (Å²) < 4.78 is 0. The summed E-state index contributed by atoms with van der Waals surface area (Å²) in [6.45, 7) is 6.29. The van der Waals surface area contributed by atoms with E-state index in [-0.39, 0.29) is 11.3 Å². The summed E-state index contributed by atoms with van der Waals surface area (Å²) >= 11 is 6.12. The van der Waals surface area contributed by atoms with Crippen LogP contribution in [-0.2, 0) is 11.2 Å². The molecule has 0 aliphatic heterocycles. The molecule has 1 unspecified atom stereocenters. The number of ketones is 1. The largest absolute Gasteiger partial charge is 0.299 e. The molecule has 1 saturated carbocycles. The van der Waals surface area contributed by atoms with Crippen LogP contribution in [0.2, 0.25) is 5.02 Å². The molecule has 1 atom stereocenters. The quantitative estimate of drug-likeness (QED) is 0.780. The highest BCUT2D eigenvalue weighted by atomic mass is 35.5. The average Bonchev–Trinajstić information content (AvgIpc) is 2.80. The van der Waals surface area contributed by atoms with E-state index in [0.29, 0.717) is 17.2 Å². The Hall–Kier alpha value is -0.820. The molecular formula is C14H17ClO. The van der Waals surface area contributed by atoms with Crippen LogP contribution < -0.4 is 0 Å². The maximum absolute atomic E-state index is 12.0. The molecule has 0 amide bonds. The first-order valence-corrected chi connectivity index (χ1v) is 6.06. The van der Waals surface area contributed by atoms with Gasteiger partial charge in [-0.1, -0.05) is 37.6 Å². The molecule has 1 aromatic carbocycles. The molecule has 0 bridgehead atoms. The molecule has 0 saturated heterocycles. The predicted octanol–water partition coefficient (Wildman–Crippen LogP) is 3.81. The van der Waals surface area contributed by atoms with Gasteiger partial charge in [0.2, 0.25) is 0 Å². The molecular weight excluding hydrogens is 220 g/mol. The number of hydrogen-bond donors (Lipinski definition) is 0. The molecule has 0 heterocycles. The molecule has 1 fully saturated rings. The topological polar surface area (TPSA) is 17.1 Å². The normalized spacial score (nSPS) is 21.9. The number of carbonyl (C=O) groups is 1. The predicted molar refractivity (Wildman–Crippen MR) is 66.8 cm³/mol. The Bertz CT molecular complexity index is 434. The summed E-state index contributed by atoms with van der Waals surface area (Å²) in [6, 6.07) is 5.89. The van der Waals surface area contributed by atoms with Gasteiger partial charge >= 0.3 is 0 Å². The zero-order chi connectivity index (χ0) is 11.9. The van der Waals surface area contributed by atoms with Crippen LogP contribution in [0.4, 0.5) is 0 Å². The van der Waals surface area contributed by atoms with Gasteiger partial charge in [-0.2, -0.15) is 0 Å². The lowest BCUT2D eigenvalue weighted by molar-refractivity contribution is -0.120. The van der Waals surface area contributed by atoms with Gasteiger partial charge in [-0.05, 0) is 36.0 Å². The van der Waals surface area contributed by atoms with Gasteiger partial charge in [0.15, 0.2) is 0 Å². The highest BCUT2D eigenvalue weighted by molar-refractivity contribution is 6.31. The Kier molecular flexibility index (Phi) is 2.83. The third-order valence-electron chi connectivity index (χ3n) is 3.48. The summed E-state index contributed by atoms with van der Waals surface area (Å²) in [5.41, 5.74) is 2.31. The summed E-state index contributed by atoms with van der Waals surface area (Å²) in [6.07, 6.45) is 1.50. The van der Waals surface area contributed by atoms with Crippen LogP contribution >= 0.6 is 11.6 Å². The van der Waals surface area contributed by atoms with Gasteiger partial charge in [-0.3, -0.25) is 4.79 Å². The van der Waals surface area contributed by atoms with Crippen molar-refractivity contribution in [1.82, 2.24) is 0 Å². The lowest BCUT2D eigenvalue weighted by atomic mass is 10.0. The fourth-order valence-electron chi connectivity index (χ4n) is 2.12. The number of aryl methyl sites for hydroxylation is 1. The van der Waals surface area contributed by atoms with Crippen molar-refractivity contribution in [3.05, 3.63) is 34.3 Å². The summed E-state index contributed by atoms with van der Waals surface area (Å²) in [5, 5.41) is 0.715. The van der Waals surface area contributed by atoms with Gasteiger partial charge in [-0.25, -0.2) is 0 Å². The second-order valence-corrected chi connectivity index (χ2v) is 5.89. The van der Waals surface area contributed by atoms with Crippen LogP contribution in [0, 0.1) is 18.3 Å². The van der Waals surface area contributed by atoms with E-state index in [0.717, 1.165) is 17.5 Å². The summed E-state index contributed by atoms with van der Waals surface area (Å²) in [5.74, 6) is 0.570. The smallest absolute Gasteiger partial charge is 0.140 e. The van der Waals surface area contributed by atoms with Crippen molar-refractivity contribution in [3.8, 4) is 0 Å². The monoisotopic (exact) mass is 236 g/mol. The van der Waals surface area contributed by atoms with Crippen LogP contribution in [0.3, 0.4) is 0 Å². The molecule has 1 nitrogen and oxygen atoms in total. The molecule has 1 aliphatic carbocycles. The van der Waals surface area contributed by atoms with E-state index in [1.54, 1.807) is 0 Å². The van der Waals surface area contributed by atoms with E-state index in [9.17, 15) is 4.79 Å². The highest BCUT2D eigenvalue weighted by Crippen LogP contribution is 2.52. The molecule has 86 valence electrons. The first kappa shape index (κ1) is 11.7. The molecule has 16 heavy (non-hydrogen) atoms. The third-order valence-corrected chi connectivity index (χ3v) is 3.83. The Morgan fingerprint density at radius 1 is 1.50 bits per heavy atom. The van der Waals surface area contributed by atoms with Gasteiger partial charge < -0.3 is 0 Å². The SMILES string of the molecule is Cc1ccc(CC(=O)C2CC2(C)C)c(Cl)c1. The van der Waals surface area contributed by atoms with Crippen LogP contribution in [0.5, 0.6) is 0 Å². The fraction of sp³-hybridized carbons (Fsp3) is 0.500. The molecule has 2 rings (SSSR count). The minimum absolute atomic E-state index is 0.217. The number of rotatable bonds is 3. The second kappa shape index (κ2) is 3.89. The van der Waals surface area contributed by atoms with Crippen molar-refractivity contribution in [1.29, 1.82) is 0 Å². The van der Waals surface area contributed by atoms with E-state index < -0.39 is 0 Å². The Balaban J connectivity index is 2.07. The second-order valence-electron chi connectivity index (χ2n) is 5.48. The van der Waals surface area contributed by atoms with Crippen molar-refractivity contribution in [2.45, 2.75) is 33.6 Å². The number of carbonyl (C=O) groups excluding carboxylic acids is 1. The Labute approximate surface area is 102 Å². The van der Waals surface area contributed by atoms with Crippen molar-refractivity contribution >= 4 is 17.4 Å². The molecule has 0 aromatic heterocycles. The van der Waals surface area contributed by atoms with Crippen molar-refractivity contribution in [2.75, 3.05) is 0 Å². The number of hydrogen-bond acceptors (Lipinski definition) is 1. The standard InChI is InChI=1S/C14H17ClO/c1-9-4-5-10(12(15)6-9)7-13(16)11-8-14(11,2)3/h4-6,11H,7-8H2,1-3H3. The van der Waals surface area contributed by atoms with Crippen molar-refractivity contribution < 1.29 is 4.79 Å². The van der Waals surface area contributed by atoms with E-state index in [1.807, 2.05) is 25.1 Å². The van der Waals surface area contributed by atoms with Gasteiger partial charge in [0.1, 0.15) is 5.78 Å². The zero-order valence-electron chi connectivity index (χ0n) is 10.0. The minimum atomic E-state index is 0.217. The molecule has 0 radical (unpaired) electrons. The van der Waals surface area contributed by atoms with Crippen molar-refractivity contribution in [2.24, 2.45) is 11.3 Å². The van der Waals surface area contributed by atoms with E-state index in [2.05, 4.69) is 13.8 Å². The fourth-order valence-corrected chi connectivity index (χ4v) is 2.43. The maximum Gasteiger partial charge on any atom is 0.140 e. The van der Waals surface area contributed by atoms with Gasteiger partial charge in [0.05, 0.1) is 0 Å². The molecule has 1 aromatic rings. The maximum atomic E-state index is 12.0. The molecule has 0 N–H and O–H groups in total. The highest BCUT2D eigenvalue weighted by Gasteiger charge is 2.49. The van der Waals surface area contributed by atoms with Crippen LogP contribution in [0.25, 0.3) is 0 Å². The van der Waals surface area contributed by atoms with E-state index in [4.69, 9.17) is 11.6 Å². The summed E-state index contributed by atoms with van der Waals surface area (Å²) in [4.78, 5) is 12.0. The van der Waals surface area contributed by atoms with Gasteiger partial charge in [0.25, 0.3) is 0 Å².